The highest BCUT2D eigenvalue weighted by molar-refractivity contribution is 5.45. The van der Waals surface area contributed by atoms with Gasteiger partial charge in [0, 0.05) is 12.2 Å². The Labute approximate surface area is 96.8 Å². The fourth-order valence-corrected chi connectivity index (χ4v) is 1.80. The first kappa shape index (κ1) is 11.4. The van der Waals surface area contributed by atoms with E-state index in [2.05, 4.69) is 36.5 Å². The van der Waals surface area contributed by atoms with Crippen LogP contribution in [0, 0.1) is 0 Å². The fourth-order valence-electron chi connectivity index (χ4n) is 1.80. The molecule has 1 heterocycles. The number of hydrogen-bond donors (Lipinski definition) is 1. The Kier molecular flexibility index (Phi) is 4.19. The first-order chi connectivity index (χ1) is 7.88. The smallest absolute Gasteiger partial charge is 0.147 e. The van der Waals surface area contributed by atoms with Crippen LogP contribution in [0.2, 0.25) is 0 Å². The molecule has 0 amide bonds. The molecule has 1 aromatic carbocycles. The lowest BCUT2D eigenvalue weighted by atomic mass is 10.1. The van der Waals surface area contributed by atoms with Gasteiger partial charge >= 0.3 is 0 Å². The van der Waals surface area contributed by atoms with Gasteiger partial charge in [-0.25, -0.2) is 0 Å². The van der Waals surface area contributed by atoms with Crippen LogP contribution < -0.4 is 5.32 Å². The highest BCUT2D eigenvalue weighted by Gasteiger charge is 2.13. The van der Waals surface area contributed by atoms with Gasteiger partial charge in [0.2, 0.25) is 0 Å². The van der Waals surface area contributed by atoms with E-state index in [9.17, 15) is 0 Å². The third-order valence-electron chi connectivity index (χ3n) is 2.84. The molecule has 16 heavy (non-hydrogen) atoms. The predicted molar refractivity (Wildman–Crippen MR) is 64.6 cm³/mol. The topological polar surface area (TPSA) is 30.5 Å². The molecule has 0 saturated carbocycles. The van der Waals surface area contributed by atoms with E-state index in [1.54, 1.807) is 0 Å². The van der Waals surface area contributed by atoms with Crippen LogP contribution in [-0.2, 0) is 15.9 Å². The average Bonchev–Trinajstić information content (AvgIpc) is 2.38. The first-order valence-electron chi connectivity index (χ1n) is 5.90. The molecule has 1 aromatic rings. The largest absolute Gasteiger partial charge is 0.382 e. The third kappa shape index (κ3) is 3.22. The molecule has 1 aliphatic heterocycles. The van der Waals surface area contributed by atoms with Gasteiger partial charge < -0.3 is 14.8 Å². The van der Waals surface area contributed by atoms with Crippen LogP contribution in [-0.4, -0.2) is 26.0 Å². The van der Waals surface area contributed by atoms with Gasteiger partial charge in [-0.15, -0.1) is 0 Å². The quantitative estimate of drug-likeness (QED) is 0.847. The normalized spacial score (nSPS) is 20.7. The number of hydrogen-bond acceptors (Lipinski definition) is 3. The van der Waals surface area contributed by atoms with E-state index in [0.717, 1.165) is 26.0 Å². The minimum Gasteiger partial charge on any atom is -0.382 e. The zero-order chi connectivity index (χ0) is 11.2. The van der Waals surface area contributed by atoms with Crippen molar-refractivity contribution in [3.63, 3.8) is 0 Å². The molecule has 1 aliphatic rings. The van der Waals surface area contributed by atoms with Crippen LogP contribution >= 0.6 is 0 Å². The lowest BCUT2D eigenvalue weighted by Crippen LogP contribution is -2.30. The summed E-state index contributed by atoms with van der Waals surface area (Å²) in [6, 6.07) is 8.53. The second-order valence-corrected chi connectivity index (χ2v) is 4.04. The summed E-state index contributed by atoms with van der Waals surface area (Å²) >= 11 is 0. The number of ether oxygens (including phenoxy) is 2. The van der Waals surface area contributed by atoms with Crippen LogP contribution in [0.3, 0.4) is 0 Å². The second-order valence-electron chi connectivity index (χ2n) is 4.04. The molecule has 0 aliphatic carbocycles. The Balaban J connectivity index is 1.83. The summed E-state index contributed by atoms with van der Waals surface area (Å²) < 4.78 is 10.6. The monoisotopic (exact) mass is 221 g/mol. The van der Waals surface area contributed by atoms with Crippen molar-refractivity contribution in [1.82, 2.24) is 0 Å². The highest BCUT2D eigenvalue weighted by Crippen LogP contribution is 2.13. The molecular formula is C13H19NO2. The molecule has 2 rings (SSSR count). The van der Waals surface area contributed by atoms with E-state index in [1.165, 1.54) is 11.3 Å². The Morgan fingerprint density at radius 1 is 1.44 bits per heavy atom. The number of anilines is 1. The van der Waals surface area contributed by atoms with Gasteiger partial charge in [0.15, 0.2) is 0 Å². The second kappa shape index (κ2) is 5.87. The minimum atomic E-state index is 0.277. The van der Waals surface area contributed by atoms with E-state index in [1.807, 2.05) is 0 Å². The van der Waals surface area contributed by atoms with Crippen molar-refractivity contribution in [2.45, 2.75) is 25.9 Å². The molecule has 1 atom stereocenters. The molecule has 0 bridgehead atoms. The number of rotatable bonds is 4. The third-order valence-corrected chi connectivity index (χ3v) is 2.84. The predicted octanol–water partition coefficient (Wildman–Crippen LogP) is 2.42. The van der Waals surface area contributed by atoms with Crippen molar-refractivity contribution in [2.24, 2.45) is 0 Å². The summed E-state index contributed by atoms with van der Waals surface area (Å²) in [4.78, 5) is 0. The number of aryl methyl sites for hydroxylation is 1. The van der Waals surface area contributed by atoms with Crippen LogP contribution in [0.5, 0.6) is 0 Å². The average molecular weight is 221 g/mol. The molecule has 1 saturated heterocycles. The SMILES string of the molecule is CCc1cccc(NCC2CCOCO2)c1. The van der Waals surface area contributed by atoms with E-state index in [-0.39, 0.29) is 6.10 Å². The van der Waals surface area contributed by atoms with Crippen molar-refractivity contribution in [1.29, 1.82) is 0 Å². The Morgan fingerprint density at radius 2 is 2.38 bits per heavy atom. The lowest BCUT2D eigenvalue weighted by molar-refractivity contribution is -0.133. The highest BCUT2D eigenvalue weighted by atomic mass is 16.7. The summed E-state index contributed by atoms with van der Waals surface area (Å²) in [5.74, 6) is 0. The maximum Gasteiger partial charge on any atom is 0.147 e. The molecule has 3 heteroatoms. The first-order valence-corrected chi connectivity index (χ1v) is 5.90. The maximum atomic E-state index is 5.47. The Bertz CT molecular complexity index is 321. The van der Waals surface area contributed by atoms with Gasteiger partial charge in [0.1, 0.15) is 6.79 Å². The van der Waals surface area contributed by atoms with Gasteiger partial charge in [-0.05, 0) is 30.5 Å². The van der Waals surface area contributed by atoms with Crippen molar-refractivity contribution >= 4 is 5.69 Å². The van der Waals surface area contributed by atoms with Crippen LogP contribution in [0.25, 0.3) is 0 Å². The summed E-state index contributed by atoms with van der Waals surface area (Å²) in [5.41, 5.74) is 2.53. The minimum absolute atomic E-state index is 0.277. The van der Waals surface area contributed by atoms with E-state index < -0.39 is 0 Å². The standard InChI is InChI=1S/C13H19NO2/c1-2-11-4-3-5-12(8-11)14-9-13-6-7-15-10-16-13/h3-5,8,13-14H,2,6-7,9-10H2,1H3. The van der Waals surface area contributed by atoms with Crippen molar-refractivity contribution in [2.75, 3.05) is 25.3 Å². The summed E-state index contributed by atoms with van der Waals surface area (Å²) in [6.07, 6.45) is 2.32. The summed E-state index contributed by atoms with van der Waals surface area (Å²) in [5, 5.41) is 3.41. The van der Waals surface area contributed by atoms with E-state index in [4.69, 9.17) is 9.47 Å². The number of benzene rings is 1. The van der Waals surface area contributed by atoms with Gasteiger partial charge in [0.25, 0.3) is 0 Å². The Hall–Kier alpha value is -1.06. The molecule has 1 N–H and O–H groups in total. The maximum absolute atomic E-state index is 5.47. The Morgan fingerprint density at radius 3 is 3.12 bits per heavy atom. The van der Waals surface area contributed by atoms with Gasteiger partial charge in [-0.1, -0.05) is 19.1 Å². The van der Waals surface area contributed by atoms with Crippen molar-refractivity contribution in [3.05, 3.63) is 29.8 Å². The zero-order valence-corrected chi connectivity index (χ0v) is 9.74. The van der Waals surface area contributed by atoms with Gasteiger partial charge in [-0.3, -0.25) is 0 Å². The molecule has 0 aromatic heterocycles. The lowest BCUT2D eigenvalue weighted by Gasteiger charge is -2.23. The molecule has 1 unspecified atom stereocenters. The molecule has 0 spiro atoms. The summed E-state index contributed by atoms with van der Waals surface area (Å²) in [7, 11) is 0. The van der Waals surface area contributed by atoms with Crippen molar-refractivity contribution < 1.29 is 9.47 Å². The van der Waals surface area contributed by atoms with Crippen molar-refractivity contribution in [3.8, 4) is 0 Å². The molecular weight excluding hydrogens is 202 g/mol. The molecule has 3 nitrogen and oxygen atoms in total. The van der Waals surface area contributed by atoms with Gasteiger partial charge in [-0.2, -0.15) is 0 Å². The molecule has 0 radical (unpaired) electrons. The summed E-state index contributed by atoms with van der Waals surface area (Å²) in [6.45, 7) is 4.26. The van der Waals surface area contributed by atoms with Crippen LogP contribution in [0.4, 0.5) is 5.69 Å². The van der Waals surface area contributed by atoms with E-state index >= 15 is 0 Å². The van der Waals surface area contributed by atoms with Crippen LogP contribution in [0.1, 0.15) is 18.9 Å². The van der Waals surface area contributed by atoms with Crippen LogP contribution in [0.15, 0.2) is 24.3 Å². The van der Waals surface area contributed by atoms with E-state index in [0.29, 0.717) is 6.79 Å². The zero-order valence-electron chi connectivity index (χ0n) is 9.74. The molecule has 1 fully saturated rings. The van der Waals surface area contributed by atoms with Gasteiger partial charge in [0.05, 0.1) is 12.7 Å². The molecule has 88 valence electrons. The number of nitrogens with one attached hydrogen (secondary N) is 1. The fraction of sp³-hybridized carbons (Fsp3) is 0.538.